The molecular weight excluding hydrogens is 787 g/mol. The van der Waals surface area contributed by atoms with E-state index in [1.54, 1.807) is 0 Å². The molecule has 354 valence electrons. The zero-order chi connectivity index (χ0) is 45.4. The Hall–Kier alpha value is -3.98. The Bertz CT molecular complexity index is 1900. The molecule has 0 saturated heterocycles. The predicted molar refractivity (Wildman–Crippen MR) is 286 cm³/mol. The third kappa shape index (κ3) is 20.2. The molecule has 0 saturated carbocycles. The van der Waals surface area contributed by atoms with Crippen LogP contribution in [0.25, 0.3) is 46.1 Å². The molecule has 0 aliphatic rings. The van der Waals surface area contributed by atoms with Gasteiger partial charge in [-0.25, -0.2) is 9.13 Å². The van der Waals surface area contributed by atoms with E-state index in [0.29, 0.717) is 0 Å². The van der Waals surface area contributed by atoms with E-state index in [2.05, 4.69) is 144 Å². The summed E-state index contributed by atoms with van der Waals surface area (Å²) in [6, 6.07) is 23.3. The topological polar surface area (TPSA) is 12.7 Å². The first-order valence-corrected chi connectivity index (χ1v) is 27.6. The second kappa shape index (κ2) is 32.7. The molecule has 5 aromatic rings. The minimum absolute atomic E-state index is 1.06. The van der Waals surface area contributed by atoms with Gasteiger partial charge < -0.3 is 4.57 Å². The largest absolute Gasteiger partial charge is 0.340 e. The molecule has 3 heterocycles. The van der Waals surface area contributed by atoms with Gasteiger partial charge in [0.05, 0.1) is 0 Å². The van der Waals surface area contributed by atoms with Gasteiger partial charge in [0.15, 0.2) is 24.8 Å². The number of unbranched alkanes of at least 4 members (excludes halogenated alkanes) is 27. The van der Waals surface area contributed by atoms with E-state index < -0.39 is 0 Å². The van der Waals surface area contributed by atoms with E-state index in [9.17, 15) is 0 Å². The Morgan fingerprint density at radius 2 is 0.615 bits per heavy atom. The van der Waals surface area contributed by atoms with Crippen molar-refractivity contribution in [3.05, 3.63) is 108 Å². The fourth-order valence-corrected chi connectivity index (χ4v) is 9.74. The van der Waals surface area contributed by atoms with Crippen molar-refractivity contribution in [1.82, 2.24) is 4.57 Å². The van der Waals surface area contributed by atoms with Gasteiger partial charge in [-0.3, -0.25) is 0 Å². The highest BCUT2D eigenvalue weighted by Crippen LogP contribution is 2.32. The van der Waals surface area contributed by atoms with Crippen LogP contribution in [0.5, 0.6) is 0 Å². The molecule has 0 radical (unpaired) electrons. The van der Waals surface area contributed by atoms with Gasteiger partial charge in [0.2, 0.25) is 0 Å². The minimum atomic E-state index is 1.06. The Labute approximate surface area is 398 Å². The smallest absolute Gasteiger partial charge is 0.169 e. The number of nitrogens with zero attached hydrogens (tertiary/aromatic N) is 3. The van der Waals surface area contributed by atoms with Crippen molar-refractivity contribution < 1.29 is 9.13 Å². The summed E-state index contributed by atoms with van der Waals surface area (Å²) in [4.78, 5) is 0. The zero-order valence-corrected chi connectivity index (χ0v) is 42.1. The molecule has 65 heavy (non-hydrogen) atoms. The maximum atomic E-state index is 2.63. The van der Waals surface area contributed by atoms with E-state index in [1.165, 1.54) is 237 Å². The molecular formula is C62H93N3+2. The lowest BCUT2D eigenvalue weighted by molar-refractivity contribution is -0.697. The number of hydrogen-bond donors (Lipinski definition) is 0. The summed E-state index contributed by atoms with van der Waals surface area (Å²) in [6.45, 7) is 10.2. The number of aromatic nitrogens is 3. The van der Waals surface area contributed by atoms with Crippen LogP contribution in [0.3, 0.4) is 0 Å². The van der Waals surface area contributed by atoms with E-state index in [-0.39, 0.29) is 0 Å². The van der Waals surface area contributed by atoms with Gasteiger partial charge in [0, 0.05) is 65.5 Å². The first-order valence-electron chi connectivity index (χ1n) is 27.6. The molecule has 0 aliphatic carbocycles. The second-order valence-corrected chi connectivity index (χ2v) is 19.7. The Morgan fingerprint density at radius 3 is 0.954 bits per heavy atom. The van der Waals surface area contributed by atoms with Crippen LogP contribution in [-0.4, -0.2) is 4.57 Å². The van der Waals surface area contributed by atoms with E-state index >= 15 is 0 Å². The third-order valence-electron chi connectivity index (χ3n) is 14.0. The summed E-state index contributed by atoms with van der Waals surface area (Å²) in [6.07, 6.45) is 59.5. The number of fused-ring (bicyclic) bond motifs is 3. The van der Waals surface area contributed by atoms with E-state index in [0.717, 1.165) is 19.6 Å². The Morgan fingerprint density at radius 1 is 0.323 bits per heavy atom. The first kappa shape index (κ1) is 52.0. The van der Waals surface area contributed by atoms with Crippen molar-refractivity contribution in [3.8, 4) is 0 Å². The molecule has 3 heteroatoms. The average molecular weight is 880 g/mol. The van der Waals surface area contributed by atoms with Gasteiger partial charge >= 0.3 is 0 Å². The molecule has 0 atom stereocenters. The van der Waals surface area contributed by atoms with Gasteiger partial charge in [0.25, 0.3) is 0 Å². The third-order valence-corrected chi connectivity index (χ3v) is 14.0. The fraction of sp³-hybridized carbons (Fsp3) is 0.581. The molecule has 2 aromatic carbocycles. The van der Waals surface area contributed by atoms with Crippen LogP contribution >= 0.6 is 0 Å². The zero-order valence-electron chi connectivity index (χ0n) is 42.1. The quantitative estimate of drug-likeness (QED) is 0.0278. The molecule has 0 unspecified atom stereocenters. The summed E-state index contributed by atoms with van der Waals surface area (Å²) >= 11 is 0. The maximum absolute atomic E-state index is 2.63. The highest BCUT2D eigenvalue weighted by Gasteiger charge is 2.12. The van der Waals surface area contributed by atoms with Crippen molar-refractivity contribution in [2.45, 2.75) is 233 Å². The summed E-state index contributed by atoms with van der Waals surface area (Å²) in [7, 11) is 0. The molecule has 0 N–H and O–H groups in total. The number of pyridine rings is 2. The monoisotopic (exact) mass is 880 g/mol. The lowest BCUT2D eigenvalue weighted by atomic mass is 10.1. The fourth-order valence-electron chi connectivity index (χ4n) is 9.74. The molecule has 5 rings (SSSR count). The van der Waals surface area contributed by atoms with Crippen molar-refractivity contribution >= 4 is 46.1 Å². The van der Waals surface area contributed by atoms with E-state index in [4.69, 9.17) is 0 Å². The summed E-state index contributed by atoms with van der Waals surface area (Å²) < 4.78 is 7.35. The summed E-state index contributed by atoms with van der Waals surface area (Å²) in [5, 5.41) is 2.73. The molecule has 0 amide bonds. The maximum Gasteiger partial charge on any atom is 0.169 e. The first-order chi connectivity index (χ1) is 32.2. The predicted octanol–water partition coefficient (Wildman–Crippen LogP) is 18.5. The van der Waals surface area contributed by atoms with Crippen LogP contribution in [0.1, 0.15) is 236 Å². The number of hydrogen-bond acceptors (Lipinski definition) is 0. The van der Waals surface area contributed by atoms with Crippen LogP contribution in [0.2, 0.25) is 0 Å². The lowest BCUT2D eigenvalue weighted by Crippen LogP contribution is -2.32. The minimum Gasteiger partial charge on any atom is -0.340 e. The molecule has 3 nitrogen and oxygen atoms in total. The number of aryl methyl sites for hydroxylation is 3. The molecule has 0 bridgehead atoms. The van der Waals surface area contributed by atoms with Gasteiger partial charge in [-0.15, -0.1) is 0 Å². The van der Waals surface area contributed by atoms with Crippen molar-refractivity contribution in [3.63, 3.8) is 0 Å². The standard InChI is InChI=1S/C62H93N3/c1-4-7-10-13-16-19-22-25-28-31-46-63-49-42-55(43-50-63)34-36-57-38-40-59-60-41-39-58(54-62(60)65(61(59)53-57)48-33-30-27-24-21-18-15-12-9-6-3)37-35-56-44-51-64(52-45-56)47-32-29-26-23-20-17-14-11-8-5-2/h34-45,49-54H,4-33,46-48H2,1-3H3/q+2. The Kier molecular flexibility index (Phi) is 26.1. The van der Waals surface area contributed by atoms with Crippen LogP contribution in [0, 0.1) is 0 Å². The van der Waals surface area contributed by atoms with Gasteiger partial charge in [-0.1, -0.05) is 230 Å². The van der Waals surface area contributed by atoms with Gasteiger partial charge in [-0.05, 0) is 53.6 Å². The second-order valence-electron chi connectivity index (χ2n) is 19.7. The van der Waals surface area contributed by atoms with Crippen LogP contribution in [0.4, 0.5) is 0 Å². The van der Waals surface area contributed by atoms with E-state index in [1.807, 2.05) is 0 Å². The average Bonchev–Trinajstić information content (AvgIpc) is 3.64. The SMILES string of the molecule is CCCCCCCCCCCCn1c2cc(/C=C/c3cc[n+](CCCCCCCCCCCC)cc3)ccc2c2ccc(/C=C/c3cc[n+](CCCCCCCCCCCC)cc3)cc21. The molecule has 0 spiro atoms. The van der Waals surface area contributed by atoms with Crippen molar-refractivity contribution in [2.75, 3.05) is 0 Å². The number of rotatable bonds is 37. The van der Waals surface area contributed by atoms with Crippen LogP contribution in [0.15, 0.2) is 85.5 Å². The van der Waals surface area contributed by atoms with Gasteiger partial charge in [0.1, 0.15) is 13.1 Å². The molecule has 0 fully saturated rings. The van der Waals surface area contributed by atoms with Crippen LogP contribution < -0.4 is 9.13 Å². The lowest BCUT2D eigenvalue weighted by Gasteiger charge is -2.09. The van der Waals surface area contributed by atoms with Gasteiger partial charge in [-0.2, -0.15) is 0 Å². The highest BCUT2D eigenvalue weighted by molar-refractivity contribution is 6.09. The Balaban J connectivity index is 1.17. The number of benzene rings is 2. The highest BCUT2D eigenvalue weighted by atomic mass is 15.0. The van der Waals surface area contributed by atoms with Crippen molar-refractivity contribution in [1.29, 1.82) is 0 Å². The molecule has 3 aromatic heterocycles. The van der Waals surface area contributed by atoms with Crippen molar-refractivity contribution in [2.24, 2.45) is 0 Å². The normalized spacial score (nSPS) is 12.0. The molecule has 0 aliphatic heterocycles. The summed E-state index contributed by atoms with van der Waals surface area (Å²) in [5.74, 6) is 0. The summed E-state index contributed by atoms with van der Waals surface area (Å²) in [5.41, 5.74) is 7.76. The van der Waals surface area contributed by atoms with Crippen LogP contribution in [-0.2, 0) is 19.6 Å².